The molecule has 7 nitrogen and oxygen atoms in total. The summed E-state index contributed by atoms with van der Waals surface area (Å²) in [5, 5.41) is 12.5. The summed E-state index contributed by atoms with van der Waals surface area (Å²) < 4.78 is 11.7. The fourth-order valence-corrected chi connectivity index (χ4v) is 3.85. The number of aromatic hydroxyl groups is 1. The van der Waals surface area contributed by atoms with Crippen LogP contribution in [0.15, 0.2) is 34.7 Å². The first-order chi connectivity index (χ1) is 12.1. The number of nitrogens with zero attached hydrogens (tertiary/aromatic N) is 2. The summed E-state index contributed by atoms with van der Waals surface area (Å²) in [5.74, 6) is 0.832. The minimum Gasteiger partial charge on any atom is -0.504 e. The molecule has 0 fully saturated rings. The normalized spacial score (nSPS) is 10.6. The summed E-state index contributed by atoms with van der Waals surface area (Å²) >= 11 is 2.80. The lowest BCUT2D eigenvalue weighted by molar-refractivity contribution is -0.113. The van der Waals surface area contributed by atoms with Crippen LogP contribution in [0.3, 0.4) is 0 Å². The molecule has 9 heteroatoms. The van der Waals surface area contributed by atoms with Gasteiger partial charge in [0.1, 0.15) is 0 Å². The van der Waals surface area contributed by atoms with Crippen LogP contribution in [0.25, 0.3) is 10.3 Å². The number of ether oxygens (including phenoxy) is 2. The highest BCUT2D eigenvalue weighted by Gasteiger charge is 2.11. The highest BCUT2D eigenvalue weighted by atomic mass is 32.2. The third-order valence-electron chi connectivity index (χ3n) is 3.21. The van der Waals surface area contributed by atoms with Gasteiger partial charge in [0, 0.05) is 17.8 Å². The topological polar surface area (TPSA) is 93.6 Å². The predicted molar refractivity (Wildman–Crippen MR) is 98.0 cm³/mol. The lowest BCUT2D eigenvalue weighted by atomic mass is 10.3. The quantitative estimate of drug-likeness (QED) is 0.637. The molecule has 2 aromatic heterocycles. The summed E-state index contributed by atoms with van der Waals surface area (Å²) in [5.41, 5.74) is 1.10. The Kier molecular flexibility index (Phi) is 5.25. The van der Waals surface area contributed by atoms with E-state index in [1.165, 1.54) is 36.3 Å². The Labute approximate surface area is 152 Å². The molecular weight excluding hydrogens is 362 g/mol. The maximum atomic E-state index is 12.1. The number of benzene rings is 1. The van der Waals surface area contributed by atoms with Gasteiger partial charge in [-0.25, -0.2) is 4.98 Å². The van der Waals surface area contributed by atoms with Crippen molar-refractivity contribution in [1.82, 2.24) is 9.97 Å². The number of hydrogen-bond acceptors (Lipinski definition) is 8. The molecule has 0 aliphatic carbocycles. The molecule has 3 aromatic rings. The van der Waals surface area contributed by atoms with Crippen LogP contribution in [0.2, 0.25) is 0 Å². The van der Waals surface area contributed by atoms with Crippen molar-refractivity contribution in [2.24, 2.45) is 0 Å². The second kappa shape index (κ2) is 7.58. The van der Waals surface area contributed by atoms with Crippen molar-refractivity contribution >= 4 is 45.0 Å². The maximum absolute atomic E-state index is 12.1. The molecule has 0 radical (unpaired) electrons. The molecule has 0 saturated carbocycles. The Balaban J connectivity index is 1.61. The molecule has 2 N–H and O–H groups in total. The Morgan fingerprint density at radius 2 is 2.08 bits per heavy atom. The van der Waals surface area contributed by atoms with Crippen LogP contribution in [-0.4, -0.2) is 41.0 Å². The van der Waals surface area contributed by atoms with Crippen LogP contribution in [-0.2, 0) is 4.79 Å². The number of pyridine rings is 1. The lowest BCUT2D eigenvalue weighted by Crippen LogP contribution is -2.13. The fraction of sp³-hybridized carbons (Fsp3) is 0.188. The predicted octanol–water partition coefficient (Wildman–Crippen LogP) is 3.14. The average Bonchev–Trinajstić information content (AvgIpc) is 3.02. The molecule has 0 aliphatic heterocycles. The van der Waals surface area contributed by atoms with E-state index in [2.05, 4.69) is 15.3 Å². The van der Waals surface area contributed by atoms with Gasteiger partial charge in [0.15, 0.2) is 21.5 Å². The minimum atomic E-state index is -0.195. The van der Waals surface area contributed by atoms with E-state index in [-0.39, 0.29) is 17.4 Å². The van der Waals surface area contributed by atoms with Crippen molar-refractivity contribution in [3.8, 4) is 17.4 Å². The number of carbonyl (C=O) groups is 1. The SMILES string of the molecule is COc1ccc2sc(SCC(=O)Nc3ccc(OC)c(O)c3)nc2n1. The number of carbonyl (C=O) groups excluding carboxylic acids is 1. The van der Waals surface area contributed by atoms with E-state index < -0.39 is 0 Å². The molecule has 1 aromatic carbocycles. The second-order valence-corrected chi connectivity index (χ2v) is 7.13. The standard InChI is InChI=1S/C16H15N3O4S2/c1-22-11-4-3-9(7-10(11)20)17-13(21)8-24-16-19-15-12(25-16)5-6-14(18-15)23-2/h3-7,20H,8H2,1-2H3,(H,17,21). The van der Waals surface area contributed by atoms with Crippen LogP contribution in [0, 0.1) is 0 Å². The fourth-order valence-electron chi connectivity index (χ4n) is 2.05. The van der Waals surface area contributed by atoms with E-state index in [9.17, 15) is 9.90 Å². The van der Waals surface area contributed by atoms with Crippen LogP contribution in [0.4, 0.5) is 5.69 Å². The molecule has 1 amide bonds. The number of anilines is 1. The number of thioether (sulfide) groups is 1. The van der Waals surface area contributed by atoms with E-state index in [1.54, 1.807) is 25.3 Å². The highest BCUT2D eigenvalue weighted by Crippen LogP contribution is 2.31. The van der Waals surface area contributed by atoms with Gasteiger partial charge in [0.2, 0.25) is 11.8 Å². The lowest BCUT2D eigenvalue weighted by Gasteiger charge is -2.07. The summed E-state index contributed by atoms with van der Waals surface area (Å²) in [4.78, 5) is 20.7. The largest absolute Gasteiger partial charge is 0.504 e. The van der Waals surface area contributed by atoms with E-state index in [0.29, 0.717) is 23.0 Å². The Morgan fingerprint density at radius 1 is 1.24 bits per heavy atom. The minimum absolute atomic E-state index is 0.0286. The highest BCUT2D eigenvalue weighted by molar-refractivity contribution is 8.01. The van der Waals surface area contributed by atoms with Gasteiger partial charge in [-0.2, -0.15) is 4.98 Å². The number of rotatable bonds is 6. The van der Waals surface area contributed by atoms with Gasteiger partial charge in [-0.05, 0) is 18.2 Å². The van der Waals surface area contributed by atoms with E-state index in [1.807, 2.05) is 6.07 Å². The Hall–Kier alpha value is -2.52. The third-order valence-corrected chi connectivity index (χ3v) is 5.36. The van der Waals surface area contributed by atoms with E-state index >= 15 is 0 Å². The van der Waals surface area contributed by atoms with Crippen molar-refractivity contribution in [2.45, 2.75) is 4.34 Å². The summed E-state index contributed by atoms with van der Waals surface area (Å²) in [6.45, 7) is 0. The van der Waals surface area contributed by atoms with Gasteiger partial charge in [0.25, 0.3) is 0 Å². The third kappa shape index (κ3) is 4.12. The smallest absolute Gasteiger partial charge is 0.234 e. The molecule has 0 spiro atoms. The monoisotopic (exact) mass is 377 g/mol. The van der Waals surface area contributed by atoms with Gasteiger partial charge in [0.05, 0.1) is 24.7 Å². The summed E-state index contributed by atoms with van der Waals surface area (Å²) in [7, 11) is 3.02. The Morgan fingerprint density at radius 3 is 2.80 bits per heavy atom. The summed E-state index contributed by atoms with van der Waals surface area (Å²) in [6.07, 6.45) is 0. The van der Waals surface area contributed by atoms with Crippen molar-refractivity contribution in [2.75, 3.05) is 25.3 Å². The summed E-state index contributed by atoms with van der Waals surface area (Å²) in [6, 6.07) is 8.36. The van der Waals surface area contributed by atoms with Crippen LogP contribution in [0.1, 0.15) is 0 Å². The number of methoxy groups -OCH3 is 2. The zero-order valence-electron chi connectivity index (χ0n) is 13.5. The first kappa shape index (κ1) is 17.3. The van der Waals surface area contributed by atoms with Gasteiger partial charge < -0.3 is 19.9 Å². The zero-order valence-corrected chi connectivity index (χ0v) is 15.1. The molecule has 0 atom stereocenters. The van der Waals surface area contributed by atoms with Gasteiger partial charge in [-0.15, -0.1) is 11.3 Å². The molecule has 0 aliphatic rings. The molecule has 25 heavy (non-hydrogen) atoms. The molecule has 2 heterocycles. The number of amides is 1. The number of phenolic OH excluding ortho intramolecular Hbond substituents is 1. The van der Waals surface area contributed by atoms with E-state index in [0.717, 1.165) is 9.04 Å². The first-order valence-electron chi connectivity index (χ1n) is 7.20. The zero-order chi connectivity index (χ0) is 17.8. The van der Waals surface area contributed by atoms with Crippen LogP contribution >= 0.6 is 23.1 Å². The van der Waals surface area contributed by atoms with Crippen LogP contribution in [0.5, 0.6) is 17.4 Å². The second-order valence-electron chi connectivity index (χ2n) is 4.88. The number of fused-ring (bicyclic) bond motifs is 1. The van der Waals surface area contributed by atoms with Crippen molar-refractivity contribution in [3.05, 3.63) is 30.3 Å². The molecular formula is C16H15N3O4S2. The first-order valence-corrected chi connectivity index (χ1v) is 9.00. The number of phenols is 1. The number of hydrogen-bond donors (Lipinski definition) is 2. The van der Waals surface area contributed by atoms with Gasteiger partial charge in [-0.3, -0.25) is 4.79 Å². The van der Waals surface area contributed by atoms with E-state index in [4.69, 9.17) is 9.47 Å². The molecule has 0 saturated heterocycles. The van der Waals surface area contributed by atoms with Gasteiger partial charge in [-0.1, -0.05) is 11.8 Å². The maximum Gasteiger partial charge on any atom is 0.234 e. The molecule has 130 valence electrons. The number of aromatic nitrogens is 2. The van der Waals surface area contributed by atoms with Crippen molar-refractivity contribution in [1.29, 1.82) is 0 Å². The van der Waals surface area contributed by atoms with Gasteiger partial charge >= 0.3 is 0 Å². The van der Waals surface area contributed by atoms with Crippen LogP contribution < -0.4 is 14.8 Å². The van der Waals surface area contributed by atoms with Crippen molar-refractivity contribution < 1.29 is 19.4 Å². The number of nitrogens with one attached hydrogen (secondary N) is 1. The van der Waals surface area contributed by atoms with Crippen molar-refractivity contribution in [3.63, 3.8) is 0 Å². The molecule has 3 rings (SSSR count). The molecule has 0 bridgehead atoms. The number of thiazole rings is 1. The molecule has 0 unspecified atom stereocenters. The average molecular weight is 377 g/mol. The Bertz CT molecular complexity index is 914.